The van der Waals surface area contributed by atoms with Crippen molar-refractivity contribution in [2.24, 2.45) is 0 Å². The maximum absolute atomic E-state index is 11.8. The van der Waals surface area contributed by atoms with Crippen LogP contribution >= 0.6 is 11.3 Å². The highest BCUT2D eigenvalue weighted by atomic mass is 32.1. The Morgan fingerprint density at radius 2 is 1.78 bits per heavy atom. The summed E-state index contributed by atoms with van der Waals surface area (Å²) in [5, 5.41) is 4.85. The van der Waals surface area contributed by atoms with Crippen molar-refractivity contribution in [3.63, 3.8) is 0 Å². The zero-order valence-electron chi connectivity index (χ0n) is 12.5. The number of benzene rings is 1. The number of anilines is 1. The van der Waals surface area contributed by atoms with E-state index in [1.54, 1.807) is 5.51 Å². The molecule has 0 spiro atoms. The molecule has 1 aliphatic heterocycles. The van der Waals surface area contributed by atoms with Crippen molar-refractivity contribution in [3.05, 3.63) is 46.9 Å². The Bertz CT molecular complexity index is 742. The Balaban J connectivity index is 1.72. The second-order valence-corrected chi connectivity index (χ2v) is 6.05. The van der Waals surface area contributed by atoms with Gasteiger partial charge in [-0.3, -0.25) is 0 Å². The lowest BCUT2D eigenvalue weighted by Crippen LogP contribution is -2.42. The molecular weight excluding hydrogens is 316 g/mol. The first-order valence-electron chi connectivity index (χ1n) is 6.87. The first kappa shape index (κ1) is 15.2. The summed E-state index contributed by atoms with van der Waals surface area (Å²) in [4.78, 5) is 27.9. The van der Waals surface area contributed by atoms with Gasteiger partial charge in [0.1, 0.15) is 0 Å². The zero-order valence-corrected chi connectivity index (χ0v) is 13.3. The van der Waals surface area contributed by atoms with Gasteiger partial charge in [0.25, 0.3) is 5.79 Å². The number of hydrogen-bond donors (Lipinski definition) is 1. The van der Waals surface area contributed by atoms with E-state index < -0.39 is 17.7 Å². The van der Waals surface area contributed by atoms with Crippen molar-refractivity contribution >= 4 is 29.0 Å². The molecule has 118 valence electrons. The molecule has 0 saturated carbocycles. The average Bonchev–Trinajstić information content (AvgIpc) is 3.00. The highest BCUT2D eigenvalue weighted by molar-refractivity contribution is 7.07. The maximum atomic E-state index is 11.8. The molecule has 7 heteroatoms. The molecular formula is C16H14N2O4S. The third kappa shape index (κ3) is 3.40. The summed E-state index contributed by atoms with van der Waals surface area (Å²) in [5.41, 5.74) is 4.22. The Morgan fingerprint density at radius 3 is 2.35 bits per heavy atom. The lowest BCUT2D eigenvalue weighted by molar-refractivity contribution is -0.222. The van der Waals surface area contributed by atoms with Crippen molar-refractivity contribution in [1.82, 2.24) is 4.98 Å². The summed E-state index contributed by atoms with van der Waals surface area (Å²) in [7, 11) is 0. The fraction of sp³-hybridized carbons (Fsp3) is 0.188. The Hall–Kier alpha value is -2.67. The minimum absolute atomic E-state index is 0.173. The van der Waals surface area contributed by atoms with Crippen LogP contribution in [0.15, 0.2) is 46.9 Å². The number of ether oxygens (including phenoxy) is 2. The molecule has 2 aromatic rings. The van der Waals surface area contributed by atoms with E-state index in [0.717, 1.165) is 16.9 Å². The summed E-state index contributed by atoms with van der Waals surface area (Å²) in [6.45, 7) is 3.01. The Kier molecular flexibility index (Phi) is 3.87. The quantitative estimate of drug-likeness (QED) is 0.530. The number of nitrogens with zero attached hydrogens (tertiary/aromatic N) is 1. The molecule has 1 aliphatic rings. The standard InChI is InChI=1S/C16H14N2O4S/c1-16(2)21-14(19)12(15(20)22-16)7-17-11-5-3-10(4-6-11)13-8-23-9-18-13/h3-9,17H,1-2H3. The monoisotopic (exact) mass is 330 g/mol. The Labute approximate surface area is 136 Å². The highest BCUT2D eigenvalue weighted by Gasteiger charge is 2.38. The number of rotatable bonds is 3. The van der Waals surface area contributed by atoms with Crippen LogP contribution in [0.25, 0.3) is 11.3 Å². The van der Waals surface area contributed by atoms with Gasteiger partial charge in [-0.15, -0.1) is 11.3 Å². The summed E-state index contributed by atoms with van der Waals surface area (Å²) >= 11 is 1.53. The summed E-state index contributed by atoms with van der Waals surface area (Å²) < 4.78 is 10.0. The lowest BCUT2D eigenvalue weighted by atomic mass is 10.1. The van der Waals surface area contributed by atoms with Crippen LogP contribution < -0.4 is 5.32 Å². The van der Waals surface area contributed by atoms with Crippen LogP contribution in [0, 0.1) is 0 Å². The van der Waals surface area contributed by atoms with E-state index in [-0.39, 0.29) is 5.57 Å². The topological polar surface area (TPSA) is 77.5 Å². The van der Waals surface area contributed by atoms with Gasteiger partial charge in [-0.25, -0.2) is 14.6 Å². The van der Waals surface area contributed by atoms with E-state index in [1.165, 1.54) is 31.4 Å². The molecule has 0 amide bonds. The summed E-state index contributed by atoms with van der Waals surface area (Å²) in [6, 6.07) is 7.46. The van der Waals surface area contributed by atoms with Crippen molar-refractivity contribution in [2.45, 2.75) is 19.6 Å². The third-order valence-electron chi connectivity index (χ3n) is 3.11. The first-order valence-corrected chi connectivity index (χ1v) is 7.81. The second kappa shape index (κ2) is 5.85. The van der Waals surface area contributed by atoms with Crippen molar-refractivity contribution in [3.8, 4) is 11.3 Å². The Morgan fingerprint density at radius 1 is 1.13 bits per heavy atom. The van der Waals surface area contributed by atoms with E-state index in [0.29, 0.717) is 0 Å². The van der Waals surface area contributed by atoms with E-state index >= 15 is 0 Å². The predicted molar refractivity (Wildman–Crippen MR) is 85.5 cm³/mol. The average molecular weight is 330 g/mol. The second-order valence-electron chi connectivity index (χ2n) is 5.33. The molecule has 6 nitrogen and oxygen atoms in total. The minimum atomic E-state index is -1.24. The first-order chi connectivity index (χ1) is 10.9. The molecule has 1 N–H and O–H groups in total. The fourth-order valence-electron chi connectivity index (χ4n) is 2.03. The van der Waals surface area contributed by atoms with Gasteiger partial charge in [0, 0.05) is 36.7 Å². The molecule has 0 radical (unpaired) electrons. The molecule has 1 saturated heterocycles. The van der Waals surface area contributed by atoms with E-state index in [1.807, 2.05) is 29.6 Å². The molecule has 0 atom stereocenters. The van der Waals surface area contributed by atoms with Crippen LogP contribution in [0.5, 0.6) is 0 Å². The predicted octanol–water partition coefficient (Wildman–Crippen LogP) is 2.94. The number of carbonyl (C=O) groups excluding carboxylic acids is 2. The van der Waals surface area contributed by atoms with E-state index in [9.17, 15) is 9.59 Å². The number of nitrogens with one attached hydrogen (secondary N) is 1. The van der Waals surface area contributed by atoms with Gasteiger partial charge in [-0.1, -0.05) is 12.1 Å². The molecule has 0 aliphatic carbocycles. The highest BCUT2D eigenvalue weighted by Crippen LogP contribution is 2.24. The molecule has 3 rings (SSSR count). The van der Waals surface area contributed by atoms with E-state index in [2.05, 4.69) is 10.3 Å². The van der Waals surface area contributed by atoms with Gasteiger partial charge >= 0.3 is 11.9 Å². The molecule has 0 bridgehead atoms. The number of aromatic nitrogens is 1. The number of hydrogen-bond acceptors (Lipinski definition) is 7. The minimum Gasteiger partial charge on any atom is -0.419 e. The van der Waals surface area contributed by atoms with Crippen LogP contribution in [-0.2, 0) is 19.1 Å². The zero-order chi connectivity index (χ0) is 16.4. The summed E-state index contributed by atoms with van der Waals surface area (Å²) in [6.07, 6.45) is 1.29. The van der Waals surface area contributed by atoms with Gasteiger partial charge in [-0.05, 0) is 12.1 Å². The lowest BCUT2D eigenvalue weighted by Gasteiger charge is -2.29. The van der Waals surface area contributed by atoms with Crippen LogP contribution in [0.4, 0.5) is 5.69 Å². The molecule has 0 unspecified atom stereocenters. The molecule has 1 fully saturated rings. The molecule has 1 aromatic carbocycles. The molecule has 23 heavy (non-hydrogen) atoms. The van der Waals surface area contributed by atoms with Crippen LogP contribution in [0.3, 0.4) is 0 Å². The van der Waals surface area contributed by atoms with Gasteiger partial charge in [-0.2, -0.15) is 0 Å². The van der Waals surface area contributed by atoms with Crippen LogP contribution in [-0.4, -0.2) is 22.7 Å². The van der Waals surface area contributed by atoms with Gasteiger partial charge in [0.15, 0.2) is 5.57 Å². The van der Waals surface area contributed by atoms with Crippen molar-refractivity contribution in [1.29, 1.82) is 0 Å². The SMILES string of the molecule is CC1(C)OC(=O)C(=CNc2ccc(-c3cscn3)cc2)C(=O)O1. The molecule has 1 aromatic heterocycles. The number of carbonyl (C=O) groups is 2. The van der Waals surface area contributed by atoms with E-state index in [4.69, 9.17) is 9.47 Å². The normalized spacial score (nSPS) is 16.5. The molecule has 2 heterocycles. The summed E-state index contributed by atoms with van der Waals surface area (Å²) in [5.74, 6) is -2.66. The van der Waals surface area contributed by atoms with Crippen LogP contribution in [0.2, 0.25) is 0 Å². The smallest absolute Gasteiger partial charge is 0.350 e. The largest absolute Gasteiger partial charge is 0.419 e. The number of cyclic esters (lactones) is 2. The number of esters is 2. The van der Waals surface area contributed by atoms with Gasteiger partial charge in [0.05, 0.1) is 11.2 Å². The maximum Gasteiger partial charge on any atom is 0.350 e. The van der Waals surface area contributed by atoms with Crippen molar-refractivity contribution < 1.29 is 19.1 Å². The van der Waals surface area contributed by atoms with Crippen molar-refractivity contribution in [2.75, 3.05) is 5.32 Å². The fourth-order valence-corrected chi connectivity index (χ4v) is 2.59. The number of thiazole rings is 1. The van der Waals surface area contributed by atoms with Gasteiger partial charge < -0.3 is 14.8 Å². The van der Waals surface area contributed by atoms with Crippen LogP contribution in [0.1, 0.15) is 13.8 Å². The third-order valence-corrected chi connectivity index (χ3v) is 3.70. The van der Waals surface area contributed by atoms with Gasteiger partial charge in [0.2, 0.25) is 0 Å².